The second kappa shape index (κ2) is 10.2. The van der Waals surface area contributed by atoms with Gasteiger partial charge in [0.15, 0.2) is 0 Å². The normalized spacial score (nSPS) is 15.2. The first kappa shape index (κ1) is 20.2. The van der Waals surface area contributed by atoms with Gasteiger partial charge in [-0.2, -0.15) is 0 Å². The molecule has 1 aromatic rings. The minimum absolute atomic E-state index is 0.0232. The van der Waals surface area contributed by atoms with E-state index in [-0.39, 0.29) is 11.8 Å². The van der Waals surface area contributed by atoms with Crippen LogP contribution in [-0.4, -0.2) is 67.5 Å². The molecule has 1 N–H and O–H groups in total. The van der Waals surface area contributed by atoms with Crippen LogP contribution in [0.25, 0.3) is 0 Å². The van der Waals surface area contributed by atoms with Gasteiger partial charge in [-0.3, -0.25) is 14.5 Å². The van der Waals surface area contributed by atoms with E-state index in [9.17, 15) is 9.59 Å². The predicted octanol–water partition coefficient (Wildman–Crippen LogP) is 2.01. The summed E-state index contributed by atoms with van der Waals surface area (Å²) < 4.78 is 5.72. The molecule has 0 bridgehead atoms. The highest BCUT2D eigenvalue weighted by molar-refractivity contribution is 5.94. The molecular formula is C20H31N3O3. The van der Waals surface area contributed by atoms with Crippen LogP contribution in [0.15, 0.2) is 24.3 Å². The lowest BCUT2D eigenvalue weighted by atomic mass is 10.1. The third kappa shape index (κ3) is 6.33. The van der Waals surface area contributed by atoms with Gasteiger partial charge < -0.3 is 15.0 Å². The van der Waals surface area contributed by atoms with Crippen molar-refractivity contribution in [3.63, 3.8) is 0 Å². The van der Waals surface area contributed by atoms with E-state index in [1.54, 1.807) is 0 Å². The standard InChI is InChI=1S/C20H31N3O3/c1-4-8-21-19(24)14-22-9-11-23(12-10-22)20(25)17-6-5-7-18(13-17)26-15-16(2)3/h5-7,13,16H,4,8-12,14-15H2,1-3H3,(H,21,24). The zero-order chi connectivity index (χ0) is 18.9. The molecule has 0 aliphatic carbocycles. The number of amides is 2. The van der Waals surface area contributed by atoms with Gasteiger partial charge in [-0.05, 0) is 30.5 Å². The molecule has 0 radical (unpaired) electrons. The molecule has 1 aliphatic heterocycles. The molecule has 0 spiro atoms. The Bertz CT molecular complexity index is 596. The summed E-state index contributed by atoms with van der Waals surface area (Å²) in [4.78, 5) is 28.5. The summed E-state index contributed by atoms with van der Waals surface area (Å²) in [5, 5.41) is 2.89. The van der Waals surface area contributed by atoms with Crippen LogP contribution in [0.4, 0.5) is 0 Å². The number of carbonyl (C=O) groups excluding carboxylic acids is 2. The van der Waals surface area contributed by atoms with Crippen LogP contribution in [-0.2, 0) is 4.79 Å². The number of hydrogen-bond donors (Lipinski definition) is 1. The SMILES string of the molecule is CCCNC(=O)CN1CCN(C(=O)c2cccc(OCC(C)C)c2)CC1. The number of hydrogen-bond acceptors (Lipinski definition) is 4. The van der Waals surface area contributed by atoms with E-state index in [4.69, 9.17) is 4.74 Å². The summed E-state index contributed by atoms with van der Waals surface area (Å²) in [6.45, 7) is 10.7. The number of ether oxygens (including phenoxy) is 1. The Morgan fingerprint density at radius 1 is 1.19 bits per heavy atom. The summed E-state index contributed by atoms with van der Waals surface area (Å²) in [7, 11) is 0. The highest BCUT2D eigenvalue weighted by atomic mass is 16.5. The van der Waals surface area contributed by atoms with Gasteiger partial charge in [0, 0.05) is 38.3 Å². The third-order valence-corrected chi connectivity index (χ3v) is 4.26. The molecule has 1 fully saturated rings. The average Bonchev–Trinajstić information content (AvgIpc) is 2.65. The van der Waals surface area contributed by atoms with Crippen LogP contribution in [0, 0.1) is 5.92 Å². The summed E-state index contributed by atoms with van der Waals surface area (Å²) >= 11 is 0. The van der Waals surface area contributed by atoms with Crippen LogP contribution in [0.3, 0.4) is 0 Å². The van der Waals surface area contributed by atoms with Crippen LogP contribution < -0.4 is 10.1 Å². The molecule has 6 heteroatoms. The molecule has 6 nitrogen and oxygen atoms in total. The Labute approximate surface area is 156 Å². The summed E-state index contributed by atoms with van der Waals surface area (Å²) in [6.07, 6.45) is 0.938. The second-order valence-corrected chi connectivity index (χ2v) is 7.15. The molecule has 0 unspecified atom stereocenters. The van der Waals surface area contributed by atoms with Crippen molar-refractivity contribution in [2.45, 2.75) is 27.2 Å². The van der Waals surface area contributed by atoms with Gasteiger partial charge in [0.1, 0.15) is 5.75 Å². The third-order valence-electron chi connectivity index (χ3n) is 4.26. The number of carbonyl (C=O) groups is 2. The van der Waals surface area contributed by atoms with Gasteiger partial charge in [-0.15, -0.1) is 0 Å². The topological polar surface area (TPSA) is 61.9 Å². The van der Waals surface area contributed by atoms with Crippen molar-refractivity contribution >= 4 is 11.8 Å². The highest BCUT2D eigenvalue weighted by Crippen LogP contribution is 2.17. The Balaban J connectivity index is 1.84. The number of rotatable bonds is 8. The first-order valence-corrected chi connectivity index (χ1v) is 9.50. The van der Waals surface area contributed by atoms with Crippen molar-refractivity contribution in [3.8, 4) is 5.75 Å². The summed E-state index contributed by atoms with van der Waals surface area (Å²) in [5.74, 6) is 1.25. The molecule has 1 aromatic carbocycles. The van der Waals surface area contributed by atoms with Gasteiger partial charge in [0.2, 0.25) is 5.91 Å². The van der Waals surface area contributed by atoms with E-state index < -0.39 is 0 Å². The molecule has 2 amide bonds. The minimum Gasteiger partial charge on any atom is -0.493 e. The maximum atomic E-state index is 12.7. The van der Waals surface area contributed by atoms with Gasteiger partial charge in [-0.1, -0.05) is 26.8 Å². The van der Waals surface area contributed by atoms with E-state index in [1.807, 2.05) is 36.1 Å². The number of nitrogens with one attached hydrogen (secondary N) is 1. The Morgan fingerprint density at radius 3 is 2.58 bits per heavy atom. The van der Waals surface area contributed by atoms with Crippen molar-refractivity contribution in [3.05, 3.63) is 29.8 Å². The van der Waals surface area contributed by atoms with Gasteiger partial charge in [-0.25, -0.2) is 0 Å². The van der Waals surface area contributed by atoms with Gasteiger partial charge in [0.25, 0.3) is 5.91 Å². The molecule has 26 heavy (non-hydrogen) atoms. The number of nitrogens with zero attached hydrogens (tertiary/aromatic N) is 2. The number of benzene rings is 1. The fraction of sp³-hybridized carbons (Fsp3) is 0.600. The first-order valence-electron chi connectivity index (χ1n) is 9.50. The molecule has 0 atom stereocenters. The Morgan fingerprint density at radius 2 is 1.92 bits per heavy atom. The average molecular weight is 361 g/mol. The van der Waals surface area contributed by atoms with Crippen molar-refractivity contribution in [1.29, 1.82) is 0 Å². The molecule has 1 heterocycles. The molecule has 1 aliphatic rings. The summed E-state index contributed by atoms with van der Waals surface area (Å²) in [5.41, 5.74) is 0.653. The molecule has 144 valence electrons. The van der Waals surface area contributed by atoms with Crippen molar-refractivity contribution in [1.82, 2.24) is 15.1 Å². The van der Waals surface area contributed by atoms with Crippen LogP contribution in [0.5, 0.6) is 5.75 Å². The largest absolute Gasteiger partial charge is 0.493 e. The lowest BCUT2D eigenvalue weighted by Gasteiger charge is -2.34. The van der Waals surface area contributed by atoms with Crippen molar-refractivity contribution in [2.75, 3.05) is 45.9 Å². The van der Waals surface area contributed by atoms with E-state index in [0.717, 1.165) is 25.3 Å². The Hall–Kier alpha value is -2.08. The Kier molecular flexibility index (Phi) is 7.91. The lowest BCUT2D eigenvalue weighted by Crippen LogP contribution is -2.51. The molecule has 2 rings (SSSR count). The van der Waals surface area contributed by atoms with Gasteiger partial charge in [0.05, 0.1) is 13.2 Å². The first-order chi connectivity index (χ1) is 12.5. The lowest BCUT2D eigenvalue weighted by molar-refractivity contribution is -0.122. The predicted molar refractivity (Wildman–Crippen MR) is 102 cm³/mol. The van der Waals surface area contributed by atoms with E-state index >= 15 is 0 Å². The zero-order valence-corrected chi connectivity index (χ0v) is 16.2. The van der Waals surface area contributed by atoms with Gasteiger partial charge >= 0.3 is 0 Å². The molecule has 0 saturated carbocycles. The van der Waals surface area contributed by atoms with E-state index in [1.165, 1.54) is 0 Å². The quantitative estimate of drug-likeness (QED) is 0.769. The summed E-state index contributed by atoms with van der Waals surface area (Å²) in [6, 6.07) is 7.38. The fourth-order valence-electron chi connectivity index (χ4n) is 2.80. The molecule has 0 aromatic heterocycles. The fourth-order valence-corrected chi connectivity index (χ4v) is 2.80. The van der Waals surface area contributed by atoms with Crippen LogP contribution >= 0.6 is 0 Å². The maximum absolute atomic E-state index is 12.7. The maximum Gasteiger partial charge on any atom is 0.254 e. The highest BCUT2D eigenvalue weighted by Gasteiger charge is 2.23. The minimum atomic E-state index is 0.0232. The monoisotopic (exact) mass is 361 g/mol. The smallest absolute Gasteiger partial charge is 0.254 e. The molecule has 1 saturated heterocycles. The second-order valence-electron chi connectivity index (χ2n) is 7.15. The zero-order valence-electron chi connectivity index (χ0n) is 16.2. The van der Waals surface area contributed by atoms with Crippen LogP contribution in [0.2, 0.25) is 0 Å². The van der Waals surface area contributed by atoms with Crippen LogP contribution in [0.1, 0.15) is 37.6 Å². The van der Waals surface area contributed by atoms with Crippen molar-refractivity contribution < 1.29 is 14.3 Å². The number of piperazine rings is 1. The van der Waals surface area contributed by atoms with Crippen molar-refractivity contribution in [2.24, 2.45) is 5.92 Å². The molecular weight excluding hydrogens is 330 g/mol. The van der Waals surface area contributed by atoms with E-state index in [0.29, 0.717) is 44.3 Å². The van der Waals surface area contributed by atoms with E-state index in [2.05, 4.69) is 24.1 Å².